The molecule has 23 heavy (non-hydrogen) atoms. The van der Waals surface area contributed by atoms with Gasteiger partial charge in [-0.15, -0.1) is 0 Å². The van der Waals surface area contributed by atoms with Crippen LogP contribution in [0.25, 0.3) is 0 Å². The van der Waals surface area contributed by atoms with E-state index in [-0.39, 0.29) is 12.0 Å². The summed E-state index contributed by atoms with van der Waals surface area (Å²) in [7, 11) is 0. The van der Waals surface area contributed by atoms with E-state index >= 15 is 0 Å². The molecule has 4 heteroatoms. The van der Waals surface area contributed by atoms with Gasteiger partial charge in [0.1, 0.15) is 0 Å². The Balaban J connectivity index is 1.41. The Labute approximate surface area is 139 Å². The Morgan fingerprint density at radius 1 is 1.04 bits per heavy atom. The maximum atomic E-state index is 12.0. The van der Waals surface area contributed by atoms with E-state index in [2.05, 4.69) is 22.8 Å². The normalized spacial score (nSPS) is 22.2. The number of amides is 1. The van der Waals surface area contributed by atoms with E-state index < -0.39 is 0 Å². The maximum absolute atomic E-state index is 12.0. The van der Waals surface area contributed by atoms with Crippen molar-refractivity contribution in [1.29, 1.82) is 0 Å². The number of carbonyl (C=O) groups excluding carboxylic acids is 1. The molecule has 1 aromatic carbocycles. The molecule has 0 radical (unpaired) electrons. The summed E-state index contributed by atoms with van der Waals surface area (Å²) in [5, 5.41) is 6.13. The lowest BCUT2D eigenvalue weighted by Gasteiger charge is -2.22. The van der Waals surface area contributed by atoms with E-state index in [0.29, 0.717) is 12.5 Å². The molecule has 0 spiro atoms. The summed E-state index contributed by atoms with van der Waals surface area (Å²) in [6.45, 7) is 1.95. The molecule has 0 bridgehead atoms. The summed E-state index contributed by atoms with van der Waals surface area (Å²) < 4.78 is 5.53. The number of ether oxygens (including phenoxy) is 1. The summed E-state index contributed by atoms with van der Waals surface area (Å²) in [6, 6.07) is 8.40. The predicted molar refractivity (Wildman–Crippen MR) is 92.7 cm³/mol. The Bertz CT molecular complexity index is 489. The van der Waals surface area contributed by atoms with Crippen LogP contribution in [0.2, 0.25) is 0 Å². The van der Waals surface area contributed by atoms with Crippen molar-refractivity contribution >= 4 is 11.6 Å². The van der Waals surface area contributed by atoms with Gasteiger partial charge in [0.25, 0.3) is 0 Å². The molecule has 1 saturated heterocycles. The van der Waals surface area contributed by atoms with Gasteiger partial charge >= 0.3 is 0 Å². The van der Waals surface area contributed by atoms with Crippen molar-refractivity contribution in [2.75, 3.05) is 25.0 Å². The highest BCUT2D eigenvalue weighted by atomic mass is 16.5. The summed E-state index contributed by atoms with van der Waals surface area (Å²) in [5.41, 5.74) is 2.30. The third-order valence-electron chi connectivity index (χ3n) is 4.95. The van der Waals surface area contributed by atoms with Gasteiger partial charge in [-0.3, -0.25) is 4.79 Å². The largest absolute Gasteiger partial charge is 0.377 e. The van der Waals surface area contributed by atoms with Crippen LogP contribution in [0, 0.1) is 0 Å². The van der Waals surface area contributed by atoms with E-state index in [1.165, 1.54) is 37.7 Å². The molecule has 3 rings (SSSR count). The lowest BCUT2D eigenvalue weighted by Crippen LogP contribution is -2.33. The highest BCUT2D eigenvalue weighted by Gasteiger charge is 2.16. The van der Waals surface area contributed by atoms with Crippen LogP contribution in [0.1, 0.15) is 56.4 Å². The minimum Gasteiger partial charge on any atom is -0.377 e. The van der Waals surface area contributed by atoms with Gasteiger partial charge in [-0.2, -0.15) is 0 Å². The third-order valence-corrected chi connectivity index (χ3v) is 4.95. The molecule has 1 aliphatic heterocycles. The van der Waals surface area contributed by atoms with Crippen LogP contribution >= 0.6 is 0 Å². The molecule has 1 saturated carbocycles. The number of rotatable bonds is 6. The van der Waals surface area contributed by atoms with Crippen LogP contribution in [0.5, 0.6) is 0 Å². The van der Waals surface area contributed by atoms with Gasteiger partial charge in [-0.05, 0) is 49.3 Å². The molecular formula is C19H28N2O2. The first-order valence-electron chi connectivity index (χ1n) is 9.03. The second-order valence-corrected chi connectivity index (χ2v) is 6.77. The first-order valence-corrected chi connectivity index (χ1v) is 9.03. The van der Waals surface area contributed by atoms with Crippen LogP contribution in [0.4, 0.5) is 5.69 Å². The zero-order chi connectivity index (χ0) is 15.9. The molecule has 1 aliphatic carbocycles. The number of carbonyl (C=O) groups is 1. The van der Waals surface area contributed by atoms with Crippen molar-refractivity contribution < 1.29 is 9.53 Å². The van der Waals surface area contributed by atoms with Gasteiger partial charge in [0.15, 0.2) is 0 Å². The highest BCUT2D eigenvalue weighted by molar-refractivity contribution is 5.92. The fourth-order valence-corrected chi connectivity index (χ4v) is 3.63. The number of anilines is 1. The fraction of sp³-hybridized carbons (Fsp3) is 0.632. The second-order valence-electron chi connectivity index (χ2n) is 6.77. The van der Waals surface area contributed by atoms with Crippen molar-refractivity contribution in [3.05, 3.63) is 29.8 Å². The van der Waals surface area contributed by atoms with Crippen molar-refractivity contribution in [1.82, 2.24) is 5.32 Å². The van der Waals surface area contributed by atoms with Crippen LogP contribution in [-0.2, 0) is 9.53 Å². The van der Waals surface area contributed by atoms with Crippen molar-refractivity contribution in [3.8, 4) is 0 Å². The Hall–Kier alpha value is -1.39. The van der Waals surface area contributed by atoms with E-state index in [1.807, 2.05) is 12.1 Å². The van der Waals surface area contributed by atoms with Gasteiger partial charge in [0.05, 0.1) is 12.6 Å². The number of benzene rings is 1. The summed E-state index contributed by atoms with van der Waals surface area (Å²) in [5.74, 6) is 0.718. The van der Waals surface area contributed by atoms with Gasteiger partial charge in [0.2, 0.25) is 5.91 Å². The zero-order valence-corrected chi connectivity index (χ0v) is 13.9. The quantitative estimate of drug-likeness (QED) is 0.845. The molecule has 2 fully saturated rings. The molecular weight excluding hydrogens is 288 g/mol. The second kappa shape index (κ2) is 8.46. The average Bonchev–Trinajstić information content (AvgIpc) is 3.10. The zero-order valence-electron chi connectivity index (χ0n) is 13.9. The molecule has 1 atom stereocenters. The standard InChI is InChI=1S/C19H28N2O2/c22-19(14-20-13-18-7-4-12-23-18)21-17-10-8-16(9-11-17)15-5-2-1-3-6-15/h8-11,15,18,20H,1-7,12-14H2,(H,21,22)/t18-/m1/s1. The molecule has 1 heterocycles. The van der Waals surface area contributed by atoms with E-state index in [0.717, 1.165) is 31.7 Å². The Morgan fingerprint density at radius 3 is 2.52 bits per heavy atom. The van der Waals surface area contributed by atoms with Gasteiger partial charge in [-0.25, -0.2) is 0 Å². The molecule has 4 nitrogen and oxygen atoms in total. The van der Waals surface area contributed by atoms with E-state index in [4.69, 9.17) is 4.74 Å². The highest BCUT2D eigenvalue weighted by Crippen LogP contribution is 2.32. The Morgan fingerprint density at radius 2 is 1.83 bits per heavy atom. The van der Waals surface area contributed by atoms with Gasteiger partial charge in [-0.1, -0.05) is 31.4 Å². The maximum Gasteiger partial charge on any atom is 0.238 e. The van der Waals surface area contributed by atoms with Crippen LogP contribution in [0.15, 0.2) is 24.3 Å². The lowest BCUT2D eigenvalue weighted by atomic mass is 9.84. The van der Waals surface area contributed by atoms with Crippen molar-refractivity contribution in [3.63, 3.8) is 0 Å². The molecule has 1 aromatic rings. The summed E-state index contributed by atoms with van der Waals surface area (Å²) >= 11 is 0. The fourth-order valence-electron chi connectivity index (χ4n) is 3.63. The van der Waals surface area contributed by atoms with Crippen LogP contribution < -0.4 is 10.6 Å². The number of nitrogens with one attached hydrogen (secondary N) is 2. The molecule has 1 amide bonds. The van der Waals surface area contributed by atoms with Gasteiger partial charge in [0, 0.05) is 18.8 Å². The summed E-state index contributed by atoms with van der Waals surface area (Å²) in [4.78, 5) is 12.0. The smallest absolute Gasteiger partial charge is 0.238 e. The molecule has 0 aromatic heterocycles. The molecule has 126 valence electrons. The number of hydrogen-bond donors (Lipinski definition) is 2. The van der Waals surface area contributed by atoms with Crippen molar-refractivity contribution in [2.24, 2.45) is 0 Å². The summed E-state index contributed by atoms with van der Waals surface area (Å²) in [6.07, 6.45) is 9.18. The van der Waals surface area contributed by atoms with Gasteiger partial charge < -0.3 is 15.4 Å². The minimum atomic E-state index is 0.00779. The average molecular weight is 316 g/mol. The van der Waals surface area contributed by atoms with E-state index in [1.54, 1.807) is 0 Å². The van der Waals surface area contributed by atoms with Crippen molar-refractivity contribution in [2.45, 2.75) is 57.0 Å². The Kier molecular flexibility index (Phi) is 6.06. The molecule has 2 N–H and O–H groups in total. The monoisotopic (exact) mass is 316 g/mol. The molecule has 2 aliphatic rings. The third kappa shape index (κ3) is 5.05. The predicted octanol–water partition coefficient (Wildman–Crippen LogP) is 3.44. The minimum absolute atomic E-state index is 0.00779. The van der Waals surface area contributed by atoms with Crippen LogP contribution in [0.3, 0.4) is 0 Å². The lowest BCUT2D eigenvalue weighted by molar-refractivity contribution is -0.115. The molecule has 0 unspecified atom stereocenters. The first-order chi connectivity index (χ1) is 11.3. The van der Waals surface area contributed by atoms with E-state index in [9.17, 15) is 4.79 Å². The first kappa shape index (κ1) is 16.5. The van der Waals surface area contributed by atoms with Crippen LogP contribution in [-0.4, -0.2) is 31.7 Å². The SMILES string of the molecule is O=C(CNC[C@H]1CCCO1)Nc1ccc(C2CCCCC2)cc1. The number of hydrogen-bond acceptors (Lipinski definition) is 3. The topological polar surface area (TPSA) is 50.4 Å².